The first-order valence-electron chi connectivity index (χ1n) is 9.68. The van der Waals surface area contributed by atoms with E-state index in [2.05, 4.69) is 39.8 Å². The molecule has 25 heavy (non-hydrogen) atoms. The number of fused-ring (bicyclic) bond motifs is 1. The van der Waals surface area contributed by atoms with Gasteiger partial charge in [-0.15, -0.1) is 0 Å². The summed E-state index contributed by atoms with van der Waals surface area (Å²) in [6.07, 6.45) is 3.16. The maximum absolute atomic E-state index is 13.1. The molecule has 1 heterocycles. The van der Waals surface area contributed by atoms with E-state index in [1.807, 2.05) is 25.1 Å². The van der Waals surface area contributed by atoms with Crippen molar-refractivity contribution in [3.63, 3.8) is 0 Å². The van der Waals surface area contributed by atoms with Gasteiger partial charge in [0.05, 0.1) is 11.4 Å². The maximum Gasteiger partial charge on any atom is 0.250 e. The summed E-state index contributed by atoms with van der Waals surface area (Å²) in [6, 6.07) is 10.3. The molecule has 0 bridgehead atoms. The molecule has 0 saturated carbocycles. The zero-order chi connectivity index (χ0) is 18.1. The van der Waals surface area contributed by atoms with Crippen LogP contribution in [0.5, 0.6) is 0 Å². The van der Waals surface area contributed by atoms with Crippen LogP contribution in [0.1, 0.15) is 81.8 Å². The minimum atomic E-state index is -0.0170. The van der Waals surface area contributed by atoms with E-state index < -0.39 is 0 Å². The summed E-state index contributed by atoms with van der Waals surface area (Å²) in [7, 11) is 0. The fourth-order valence-corrected chi connectivity index (χ4v) is 3.98. The monoisotopic (exact) mass is 338 g/mol. The van der Waals surface area contributed by atoms with Crippen LogP contribution in [-0.4, -0.2) is 15.7 Å². The van der Waals surface area contributed by atoms with Crippen molar-refractivity contribution < 1.29 is 4.79 Å². The molecule has 3 heteroatoms. The van der Waals surface area contributed by atoms with Gasteiger partial charge in [0.1, 0.15) is 0 Å². The average Bonchev–Trinajstić information content (AvgIpc) is 3.02. The summed E-state index contributed by atoms with van der Waals surface area (Å²) in [5.41, 5.74) is 4.58. The van der Waals surface area contributed by atoms with Gasteiger partial charge in [-0.1, -0.05) is 65.0 Å². The third kappa shape index (κ3) is 3.17. The van der Waals surface area contributed by atoms with Crippen molar-refractivity contribution in [1.82, 2.24) is 9.78 Å². The Bertz CT molecular complexity index is 745. The lowest BCUT2D eigenvalue weighted by Gasteiger charge is -2.28. The highest BCUT2D eigenvalue weighted by Gasteiger charge is 2.35. The van der Waals surface area contributed by atoms with Crippen LogP contribution in [0.3, 0.4) is 0 Å². The summed E-state index contributed by atoms with van der Waals surface area (Å²) >= 11 is 0. The molecule has 0 unspecified atom stereocenters. The molecule has 0 saturated heterocycles. The fourth-order valence-electron chi connectivity index (χ4n) is 3.98. The lowest BCUT2D eigenvalue weighted by molar-refractivity contribution is 0.0826. The number of aromatic nitrogens is 2. The highest BCUT2D eigenvalue weighted by atomic mass is 16.2. The smallest absolute Gasteiger partial charge is 0.250 e. The first-order chi connectivity index (χ1) is 12.0. The number of carbonyl (C=O) groups is 1. The summed E-state index contributed by atoms with van der Waals surface area (Å²) in [5, 5.41) is 4.92. The van der Waals surface area contributed by atoms with Gasteiger partial charge < -0.3 is 0 Å². The Kier molecular flexibility index (Phi) is 5.12. The summed E-state index contributed by atoms with van der Waals surface area (Å²) in [6.45, 7) is 10.9. The molecular weight excluding hydrogens is 308 g/mol. The highest BCUT2D eigenvalue weighted by molar-refractivity contribution is 5.86. The molecular formula is C22H30N2O. The number of hydrogen-bond donors (Lipinski definition) is 0. The van der Waals surface area contributed by atoms with Crippen molar-refractivity contribution in [3.8, 4) is 11.3 Å². The van der Waals surface area contributed by atoms with Gasteiger partial charge in [0.25, 0.3) is 0 Å². The lowest BCUT2D eigenvalue weighted by atomic mass is 9.75. The fraction of sp³-hybridized carbons (Fsp3) is 0.545. The molecule has 0 spiro atoms. The van der Waals surface area contributed by atoms with Gasteiger partial charge >= 0.3 is 0 Å². The van der Waals surface area contributed by atoms with Crippen LogP contribution in [0.4, 0.5) is 0 Å². The Morgan fingerprint density at radius 2 is 1.88 bits per heavy atom. The van der Waals surface area contributed by atoms with Gasteiger partial charge in [-0.3, -0.25) is 4.79 Å². The van der Waals surface area contributed by atoms with Crippen molar-refractivity contribution in [1.29, 1.82) is 0 Å². The third-order valence-electron chi connectivity index (χ3n) is 5.80. The molecule has 3 atom stereocenters. The molecule has 2 aromatic rings. The summed E-state index contributed by atoms with van der Waals surface area (Å²) in [5.74, 6) is 1.53. The van der Waals surface area contributed by atoms with Crippen LogP contribution in [0.25, 0.3) is 11.3 Å². The second kappa shape index (κ2) is 7.15. The summed E-state index contributed by atoms with van der Waals surface area (Å²) in [4.78, 5) is 13.1. The molecule has 0 amide bonds. The molecule has 0 aliphatic heterocycles. The Morgan fingerprint density at radius 1 is 1.20 bits per heavy atom. The molecule has 0 N–H and O–H groups in total. The van der Waals surface area contributed by atoms with E-state index in [9.17, 15) is 4.79 Å². The zero-order valence-corrected chi connectivity index (χ0v) is 16.1. The van der Waals surface area contributed by atoms with E-state index in [0.717, 1.165) is 29.8 Å². The van der Waals surface area contributed by atoms with Crippen LogP contribution in [0.2, 0.25) is 0 Å². The number of carbonyl (C=O) groups excluding carboxylic acids is 1. The van der Waals surface area contributed by atoms with Gasteiger partial charge in [-0.05, 0) is 31.1 Å². The number of benzene rings is 1. The number of hydrogen-bond acceptors (Lipinski definition) is 2. The molecule has 0 fully saturated rings. The second-order valence-electron chi connectivity index (χ2n) is 7.90. The van der Waals surface area contributed by atoms with Gasteiger partial charge in [-0.25, -0.2) is 0 Å². The summed E-state index contributed by atoms with van der Waals surface area (Å²) < 4.78 is 1.73. The van der Waals surface area contributed by atoms with Gasteiger partial charge in [-0.2, -0.15) is 9.78 Å². The molecule has 0 radical (unpaired) electrons. The van der Waals surface area contributed by atoms with Crippen molar-refractivity contribution in [2.45, 2.75) is 65.7 Å². The Morgan fingerprint density at radius 3 is 2.48 bits per heavy atom. The molecule has 134 valence electrons. The lowest BCUT2D eigenvalue weighted by Crippen LogP contribution is -2.21. The molecule has 3 nitrogen and oxygen atoms in total. The van der Waals surface area contributed by atoms with Gasteiger partial charge in [0.15, 0.2) is 0 Å². The second-order valence-corrected chi connectivity index (χ2v) is 7.90. The predicted molar refractivity (Wildman–Crippen MR) is 103 cm³/mol. The topological polar surface area (TPSA) is 34.9 Å². The number of nitrogens with zero attached hydrogens (tertiary/aromatic N) is 2. The minimum absolute atomic E-state index is 0.0170. The van der Waals surface area contributed by atoms with Crippen LogP contribution < -0.4 is 0 Å². The predicted octanol–water partition coefficient (Wildman–Crippen LogP) is 5.87. The molecule has 1 aliphatic carbocycles. The maximum atomic E-state index is 13.1. The van der Waals surface area contributed by atoms with Crippen LogP contribution in [0, 0.1) is 11.8 Å². The molecule has 3 rings (SSSR count). The van der Waals surface area contributed by atoms with Gasteiger partial charge in [0, 0.05) is 23.0 Å². The Balaban J connectivity index is 2.25. The van der Waals surface area contributed by atoms with E-state index in [1.165, 1.54) is 12.0 Å². The van der Waals surface area contributed by atoms with Crippen molar-refractivity contribution in [2.75, 3.05) is 0 Å². The van der Waals surface area contributed by atoms with Crippen molar-refractivity contribution >= 4 is 5.91 Å². The average molecular weight is 338 g/mol. The number of rotatable bonds is 4. The molecule has 1 aliphatic rings. The first kappa shape index (κ1) is 17.9. The van der Waals surface area contributed by atoms with Crippen molar-refractivity contribution in [2.24, 2.45) is 11.8 Å². The normalized spacial score (nSPS) is 21.2. The Labute approximate surface area is 151 Å². The minimum Gasteiger partial charge on any atom is -0.272 e. The largest absolute Gasteiger partial charge is 0.272 e. The third-order valence-corrected chi connectivity index (χ3v) is 5.80. The zero-order valence-electron chi connectivity index (χ0n) is 16.1. The van der Waals surface area contributed by atoms with Crippen LogP contribution in [0.15, 0.2) is 30.3 Å². The van der Waals surface area contributed by atoms with E-state index in [-0.39, 0.29) is 11.8 Å². The van der Waals surface area contributed by atoms with E-state index in [1.54, 1.807) is 4.68 Å². The van der Waals surface area contributed by atoms with E-state index in [4.69, 9.17) is 5.10 Å². The standard InChI is InChI=1S/C22H30N2O/c1-6-15(4)22(25)24-21(17-10-8-7-9-11-17)19-16(5)12-13-18(14(2)3)20(19)23-24/h7-11,14-16,18H,6,12-13H2,1-5H3/t15-,16-,18+/m1/s1. The quantitative estimate of drug-likeness (QED) is 0.698. The van der Waals surface area contributed by atoms with Crippen molar-refractivity contribution in [3.05, 3.63) is 41.6 Å². The van der Waals surface area contributed by atoms with E-state index in [0.29, 0.717) is 17.8 Å². The van der Waals surface area contributed by atoms with Crippen LogP contribution in [-0.2, 0) is 0 Å². The molecule has 1 aromatic carbocycles. The molecule has 1 aromatic heterocycles. The van der Waals surface area contributed by atoms with Crippen LogP contribution >= 0.6 is 0 Å². The highest BCUT2D eigenvalue weighted by Crippen LogP contribution is 2.46. The SMILES string of the molecule is CC[C@@H](C)C(=O)n1nc2c(c1-c1ccccc1)[C@H](C)CC[C@H]2C(C)C. The van der Waals surface area contributed by atoms with E-state index >= 15 is 0 Å². The van der Waals surface area contributed by atoms with Gasteiger partial charge in [0.2, 0.25) is 5.91 Å². The Hall–Kier alpha value is -1.90. The first-order valence-corrected chi connectivity index (χ1v) is 9.68.